The van der Waals surface area contributed by atoms with Gasteiger partial charge >= 0.3 is 0 Å². The fourth-order valence-corrected chi connectivity index (χ4v) is 6.40. The van der Waals surface area contributed by atoms with Crippen LogP contribution in [0.25, 0.3) is 88.8 Å². The van der Waals surface area contributed by atoms with Crippen molar-refractivity contribution in [2.75, 3.05) is 0 Å². The van der Waals surface area contributed by atoms with E-state index < -0.39 is 0 Å². The van der Waals surface area contributed by atoms with E-state index in [-0.39, 0.29) is 0 Å². The molecular weight excluding hydrogens is 550 g/mol. The second kappa shape index (κ2) is 10.2. The molecule has 3 aromatic heterocycles. The van der Waals surface area contributed by atoms with Crippen molar-refractivity contribution >= 4 is 43.6 Å². The van der Waals surface area contributed by atoms with Gasteiger partial charge < -0.3 is 4.42 Å². The van der Waals surface area contributed by atoms with E-state index in [2.05, 4.69) is 97.1 Å². The number of benzene rings is 6. The lowest BCUT2D eigenvalue weighted by Gasteiger charge is -2.13. The number of hydrogen-bond donors (Lipinski definition) is 0. The number of nitrogens with zero attached hydrogens (tertiary/aromatic N) is 3. The van der Waals surface area contributed by atoms with Crippen LogP contribution in [0.4, 0.5) is 0 Å². The lowest BCUT2D eigenvalue weighted by molar-refractivity contribution is 0.672. The smallest absolute Gasteiger partial charge is 0.161 e. The first kappa shape index (κ1) is 25.4. The summed E-state index contributed by atoms with van der Waals surface area (Å²) in [5.74, 6) is 0.627. The van der Waals surface area contributed by atoms with E-state index in [1.54, 1.807) is 0 Å². The lowest BCUT2D eigenvalue weighted by Crippen LogP contribution is -1.97. The van der Waals surface area contributed by atoms with Gasteiger partial charge in [-0.1, -0.05) is 133 Å². The summed E-state index contributed by atoms with van der Waals surface area (Å²) in [7, 11) is 0. The Morgan fingerprint density at radius 1 is 0.444 bits per heavy atom. The maximum atomic E-state index is 6.74. The van der Waals surface area contributed by atoms with Gasteiger partial charge in [0.1, 0.15) is 11.2 Å². The van der Waals surface area contributed by atoms with E-state index in [4.69, 9.17) is 19.4 Å². The monoisotopic (exact) mass is 575 g/mol. The molecule has 4 nitrogen and oxygen atoms in total. The van der Waals surface area contributed by atoms with E-state index in [9.17, 15) is 0 Å². The Hall–Kier alpha value is -6.13. The number of furan rings is 1. The van der Waals surface area contributed by atoms with Gasteiger partial charge in [-0.05, 0) is 29.0 Å². The van der Waals surface area contributed by atoms with Gasteiger partial charge in [0, 0.05) is 27.6 Å². The summed E-state index contributed by atoms with van der Waals surface area (Å²) in [4.78, 5) is 15.7. The summed E-state index contributed by atoms with van der Waals surface area (Å²) in [6, 6.07) is 51.8. The summed E-state index contributed by atoms with van der Waals surface area (Å²) < 4.78 is 6.74. The predicted octanol–water partition coefficient (Wildman–Crippen LogP) is 10.7. The maximum Gasteiger partial charge on any atom is 0.161 e. The molecule has 0 N–H and O–H groups in total. The molecule has 210 valence electrons. The highest BCUT2D eigenvalue weighted by molar-refractivity contribution is 6.23. The molecule has 6 aromatic carbocycles. The zero-order chi connectivity index (χ0) is 29.7. The van der Waals surface area contributed by atoms with Crippen LogP contribution in [0.5, 0.6) is 0 Å². The molecule has 0 aliphatic carbocycles. The Kier molecular flexibility index (Phi) is 5.78. The highest BCUT2D eigenvalue weighted by atomic mass is 16.3. The average Bonchev–Trinajstić information content (AvgIpc) is 3.51. The van der Waals surface area contributed by atoms with Crippen molar-refractivity contribution in [1.82, 2.24) is 15.0 Å². The summed E-state index contributed by atoms with van der Waals surface area (Å²) in [5.41, 5.74) is 9.08. The lowest BCUT2D eigenvalue weighted by atomic mass is 9.96. The molecule has 9 aromatic rings. The van der Waals surface area contributed by atoms with E-state index in [0.29, 0.717) is 5.82 Å². The standard InChI is InChI=1S/C41H25N3O/c1-3-14-27(15-4-1)34-25-35(28-16-5-2-6-17-28)44-41(43-34)32-22-12-23-33-37(32)40-38(31-20-9-10-24-36(31)45-40)39(42-33)30-21-11-18-26-13-7-8-19-29(26)30/h1-25H. The molecule has 4 heteroatoms. The van der Waals surface area contributed by atoms with Gasteiger partial charge in [-0.2, -0.15) is 0 Å². The van der Waals surface area contributed by atoms with Crippen LogP contribution in [0.15, 0.2) is 156 Å². The largest absolute Gasteiger partial charge is 0.455 e. The van der Waals surface area contributed by atoms with E-state index >= 15 is 0 Å². The zero-order valence-corrected chi connectivity index (χ0v) is 24.2. The minimum atomic E-state index is 0.627. The molecule has 0 atom stereocenters. The van der Waals surface area contributed by atoms with Gasteiger partial charge in [0.05, 0.1) is 33.4 Å². The van der Waals surface area contributed by atoms with Crippen LogP contribution >= 0.6 is 0 Å². The Balaban J connectivity index is 1.38. The molecular formula is C41H25N3O. The molecule has 0 bridgehead atoms. The molecule has 3 heterocycles. The second-order valence-corrected chi connectivity index (χ2v) is 11.2. The number of para-hydroxylation sites is 1. The van der Waals surface area contributed by atoms with Gasteiger partial charge in [0.25, 0.3) is 0 Å². The third-order valence-electron chi connectivity index (χ3n) is 8.48. The van der Waals surface area contributed by atoms with Gasteiger partial charge in [-0.15, -0.1) is 0 Å². The molecule has 0 aliphatic rings. The molecule has 0 fully saturated rings. The highest BCUT2D eigenvalue weighted by Crippen LogP contribution is 2.43. The molecule has 0 saturated heterocycles. The van der Waals surface area contributed by atoms with Crippen molar-refractivity contribution in [2.24, 2.45) is 0 Å². The molecule has 45 heavy (non-hydrogen) atoms. The van der Waals surface area contributed by atoms with E-state index in [0.717, 1.165) is 77.6 Å². The molecule has 0 radical (unpaired) electrons. The van der Waals surface area contributed by atoms with Crippen LogP contribution in [0, 0.1) is 0 Å². The number of rotatable bonds is 4. The van der Waals surface area contributed by atoms with Crippen LogP contribution in [-0.4, -0.2) is 15.0 Å². The summed E-state index contributed by atoms with van der Waals surface area (Å²) in [5, 5.41) is 5.25. The van der Waals surface area contributed by atoms with Crippen molar-refractivity contribution in [1.29, 1.82) is 0 Å². The highest BCUT2D eigenvalue weighted by Gasteiger charge is 2.22. The first-order valence-electron chi connectivity index (χ1n) is 15.0. The minimum absolute atomic E-state index is 0.627. The van der Waals surface area contributed by atoms with Gasteiger partial charge in [0.2, 0.25) is 0 Å². The number of aromatic nitrogens is 3. The fraction of sp³-hybridized carbons (Fsp3) is 0. The SMILES string of the molecule is c1ccc(-c2cc(-c3ccccc3)nc(-c3cccc4nc(-c5cccc6ccccc56)c5c6ccccc6oc5c34)n2)cc1. The van der Waals surface area contributed by atoms with Crippen molar-refractivity contribution in [2.45, 2.75) is 0 Å². The summed E-state index contributed by atoms with van der Waals surface area (Å²) >= 11 is 0. The van der Waals surface area contributed by atoms with E-state index in [1.165, 1.54) is 5.39 Å². The molecule has 0 amide bonds. The average molecular weight is 576 g/mol. The van der Waals surface area contributed by atoms with Crippen LogP contribution in [-0.2, 0) is 0 Å². The first-order chi connectivity index (χ1) is 22.3. The maximum absolute atomic E-state index is 6.74. The van der Waals surface area contributed by atoms with Crippen LogP contribution in [0.2, 0.25) is 0 Å². The van der Waals surface area contributed by atoms with Gasteiger partial charge in [0.15, 0.2) is 5.82 Å². The topological polar surface area (TPSA) is 51.8 Å². The summed E-state index contributed by atoms with van der Waals surface area (Å²) in [6.07, 6.45) is 0. The Labute approximate surface area is 259 Å². The molecule has 9 rings (SSSR count). The van der Waals surface area contributed by atoms with E-state index in [1.807, 2.05) is 54.6 Å². The zero-order valence-electron chi connectivity index (χ0n) is 24.2. The van der Waals surface area contributed by atoms with Gasteiger partial charge in [-0.25, -0.2) is 15.0 Å². The molecule has 0 spiro atoms. The predicted molar refractivity (Wildman–Crippen MR) is 184 cm³/mol. The Bertz CT molecular complexity index is 2470. The van der Waals surface area contributed by atoms with Crippen molar-refractivity contribution in [3.05, 3.63) is 152 Å². The minimum Gasteiger partial charge on any atom is -0.455 e. The fourth-order valence-electron chi connectivity index (χ4n) is 6.40. The van der Waals surface area contributed by atoms with Crippen LogP contribution in [0.3, 0.4) is 0 Å². The normalized spacial score (nSPS) is 11.6. The Morgan fingerprint density at radius 3 is 1.80 bits per heavy atom. The third-order valence-corrected chi connectivity index (χ3v) is 8.48. The van der Waals surface area contributed by atoms with Crippen molar-refractivity contribution < 1.29 is 4.42 Å². The molecule has 0 unspecified atom stereocenters. The number of fused-ring (bicyclic) bond motifs is 6. The molecule has 0 saturated carbocycles. The molecule has 0 aliphatic heterocycles. The Morgan fingerprint density at radius 2 is 1.04 bits per heavy atom. The second-order valence-electron chi connectivity index (χ2n) is 11.2. The van der Waals surface area contributed by atoms with Crippen LogP contribution in [0.1, 0.15) is 0 Å². The first-order valence-corrected chi connectivity index (χ1v) is 15.0. The van der Waals surface area contributed by atoms with Crippen LogP contribution < -0.4 is 0 Å². The summed E-state index contributed by atoms with van der Waals surface area (Å²) in [6.45, 7) is 0. The van der Waals surface area contributed by atoms with Gasteiger partial charge in [-0.3, -0.25) is 0 Å². The number of pyridine rings is 1. The third kappa shape index (κ3) is 4.19. The quantitative estimate of drug-likeness (QED) is 0.209. The van der Waals surface area contributed by atoms with Crippen molar-refractivity contribution in [3.8, 4) is 45.2 Å². The van der Waals surface area contributed by atoms with Crippen molar-refractivity contribution in [3.63, 3.8) is 0 Å². The number of hydrogen-bond acceptors (Lipinski definition) is 4.